The number of hydrogen-bond donors (Lipinski definition) is 2. The van der Waals surface area contributed by atoms with Crippen LogP contribution in [0.4, 0.5) is 19.0 Å². The summed E-state index contributed by atoms with van der Waals surface area (Å²) < 4.78 is 40.9. The molecule has 4 N–H and O–H groups in total. The molecule has 3 aromatic heterocycles. The summed E-state index contributed by atoms with van der Waals surface area (Å²) in [6.45, 7) is 0. The number of fused-ring (bicyclic) bond motifs is 1. The lowest BCUT2D eigenvalue weighted by atomic mass is 10.1. The Bertz CT molecular complexity index is 1230. The van der Waals surface area contributed by atoms with Gasteiger partial charge in [0.2, 0.25) is 5.91 Å². The molecule has 7 nitrogen and oxygen atoms in total. The van der Waals surface area contributed by atoms with E-state index in [9.17, 15) is 18.0 Å². The van der Waals surface area contributed by atoms with Crippen molar-refractivity contribution in [2.75, 3.05) is 5.73 Å². The van der Waals surface area contributed by atoms with E-state index in [0.717, 1.165) is 6.07 Å². The van der Waals surface area contributed by atoms with Crippen LogP contribution in [0.25, 0.3) is 28.2 Å². The van der Waals surface area contributed by atoms with Gasteiger partial charge in [-0.25, -0.2) is 14.5 Å². The van der Waals surface area contributed by atoms with Crippen LogP contribution >= 0.6 is 0 Å². The number of carbonyl (C=O) groups excluding carboxylic acids is 1. The fourth-order valence-corrected chi connectivity index (χ4v) is 2.87. The van der Waals surface area contributed by atoms with Gasteiger partial charge in [0.25, 0.3) is 0 Å². The molecule has 0 bridgehead atoms. The van der Waals surface area contributed by atoms with Crippen LogP contribution in [0.3, 0.4) is 0 Å². The van der Waals surface area contributed by atoms with Crippen LogP contribution < -0.4 is 11.5 Å². The number of pyridine rings is 1. The number of aromatic nitrogens is 4. The topological polar surface area (TPSA) is 112 Å². The van der Waals surface area contributed by atoms with Crippen LogP contribution in [0.1, 0.15) is 15.9 Å². The maximum absolute atomic E-state index is 13.2. The van der Waals surface area contributed by atoms with Crippen LogP contribution in [0.15, 0.2) is 54.9 Å². The molecule has 3 heterocycles. The Labute approximate surface area is 161 Å². The van der Waals surface area contributed by atoms with Gasteiger partial charge < -0.3 is 11.5 Å². The third-order valence-electron chi connectivity index (χ3n) is 4.35. The first-order valence-electron chi connectivity index (χ1n) is 8.32. The summed E-state index contributed by atoms with van der Waals surface area (Å²) in [5.41, 5.74) is 12.1. The molecule has 1 aromatic carbocycles. The molecule has 0 radical (unpaired) electrons. The van der Waals surface area contributed by atoms with Gasteiger partial charge in [0.1, 0.15) is 5.82 Å². The van der Waals surface area contributed by atoms with Crippen LogP contribution in [-0.2, 0) is 6.18 Å². The highest BCUT2D eigenvalue weighted by Crippen LogP contribution is 2.35. The molecule has 0 aliphatic carbocycles. The first-order chi connectivity index (χ1) is 13.7. The lowest BCUT2D eigenvalue weighted by Crippen LogP contribution is -2.11. The molecule has 29 heavy (non-hydrogen) atoms. The van der Waals surface area contributed by atoms with Crippen molar-refractivity contribution in [3.8, 4) is 22.5 Å². The number of nitrogen functional groups attached to an aromatic ring is 1. The van der Waals surface area contributed by atoms with Crippen molar-refractivity contribution in [1.82, 2.24) is 19.6 Å². The molecule has 10 heteroatoms. The minimum atomic E-state index is -4.63. The molecular formula is C19H13F3N6O. The van der Waals surface area contributed by atoms with Crippen molar-refractivity contribution >= 4 is 17.4 Å². The van der Waals surface area contributed by atoms with Crippen molar-refractivity contribution in [3.05, 3.63) is 66.0 Å². The summed E-state index contributed by atoms with van der Waals surface area (Å²) in [4.78, 5) is 19.1. The molecule has 4 rings (SSSR count). The normalized spacial score (nSPS) is 11.7. The first-order valence-corrected chi connectivity index (χ1v) is 8.32. The second-order valence-corrected chi connectivity index (χ2v) is 6.23. The van der Waals surface area contributed by atoms with E-state index in [0.29, 0.717) is 28.2 Å². The van der Waals surface area contributed by atoms with Gasteiger partial charge in [0.05, 0.1) is 23.1 Å². The Balaban J connectivity index is 1.81. The Morgan fingerprint density at radius 1 is 0.966 bits per heavy atom. The maximum Gasteiger partial charge on any atom is 0.419 e. The summed E-state index contributed by atoms with van der Waals surface area (Å²) >= 11 is 0. The van der Waals surface area contributed by atoms with Gasteiger partial charge in [-0.1, -0.05) is 12.1 Å². The van der Waals surface area contributed by atoms with Crippen molar-refractivity contribution < 1.29 is 18.0 Å². The van der Waals surface area contributed by atoms with E-state index in [2.05, 4.69) is 15.1 Å². The van der Waals surface area contributed by atoms with Crippen molar-refractivity contribution in [1.29, 1.82) is 0 Å². The number of carbonyl (C=O) groups is 1. The number of nitrogens with zero attached hydrogens (tertiary/aromatic N) is 4. The fourth-order valence-electron chi connectivity index (χ4n) is 2.87. The van der Waals surface area contributed by atoms with Gasteiger partial charge >= 0.3 is 6.18 Å². The molecular weight excluding hydrogens is 385 g/mol. The number of amides is 1. The third kappa shape index (κ3) is 3.35. The molecule has 0 unspecified atom stereocenters. The van der Waals surface area contributed by atoms with Gasteiger partial charge in [-0.3, -0.25) is 4.79 Å². The van der Waals surface area contributed by atoms with Crippen molar-refractivity contribution in [2.24, 2.45) is 5.73 Å². The average molecular weight is 398 g/mol. The monoisotopic (exact) mass is 398 g/mol. The number of alkyl halides is 3. The first kappa shape index (κ1) is 18.4. The number of rotatable bonds is 3. The van der Waals surface area contributed by atoms with E-state index in [-0.39, 0.29) is 5.56 Å². The highest BCUT2D eigenvalue weighted by Gasteiger charge is 2.34. The molecule has 146 valence electrons. The average Bonchev–Trinajstić information content (AvgIpc) is 3.11. The highest BCUT2D eigenvalue weighted by molar-refractivity contribution is 5.93. The summed E-state index contributed by atoms with van der Waals surface area (Å²) in [5, 5.41) is 4.47. The fraction of sp³-hybridized carbons (Fsp3) is 0.0526. The van der Waals surface area contributed by atoms with Crippen LogP contribution in [0.5, 0.6) is 0 Å². The molecule has 4 aromatic rings. The molecule has 0 spiro atoms. The smallest absolute Gasteiger partial charge is 0.383 e. The number of nitrogens with two attached hydrogens (primary N) is 2. The lowest BCUT2D eigenvalue weighted by Gasteiger charge is -2.11. The summed E-state index contributed by atoms with van der Waals surface area (Å²) in [5.74, 6) is -1.15. The van der Waals surface area contributed by atoms with E-state index in [1.807, 2.05) is 0 Å². The largest absolute Gasteiger partial charge is 0.419 e. The maximum atomic E-state index is 13.2. The minimum absolute atomic E-state index is 0.174. The van der Waals surface area contributed by atoms with E-state index in [4.69, 9.17) is 11.5 Å². The second-order valence-electron chi connectivity index (χ2n) is 6.23. The Morgan fingerprint density at radius 2 is 1.69 bits per heavy atom. The van der Waals surface area contributed by atoms with Crippen LogP contribution in [0, 0.1) is 0 Å². The molecule has 0 saturated carbocycles. The molecule has 0 atom stereocenters. The van der Waals surface area contributed by atoms with Gasteiger partial charge in [-0.15, -0.1) is 0 Å². The number of anilines is 1. The Morgan fingerprint density at radius 3 is 2.34 bits per heavy atom. The minimum Gasteiger partial charge on any atom is -0.383 e. The molecule has 0 fully saturated rings. The van der Waals surface area contributed by atoms with Crippen LogP contribution in [-0.4, -0.2) is 25.5 Å². The quantitative estimate of drug-likeness (QED) is 0.551. The zero-order valence-electron chi connectivity index (χ0n) is 14.7. The van der Waals surface area contributed by atoms with E-state index in [1.165, 1.54) is 16.9 Å². The summed E-state index contributed by atoms with van der Waals surface area (Å²) in [6.07, 6.45) is -1.98. The van der Waals surface area contributed by atoms with Gasteiger partial charge in [0, 0.05) is 22.9 Å². The van der Waals surface area contributed by atoms with Crippen LogP contribution in [0.2, 0.25) is 0 Å². The summed E-state index contributed by atoms with van der Waals surface area (Å²) in [6, 6.07) is 10.8. The van der Waals surface area contributed by atoms with Gasteiger partial charge in [0.15, 0.2) is 5.65 Å². The number of hydrogen-bond acceptors (Lipinski definition) is 5. The molecule has 0 saturated heterocycles. The van der Waals surface area contributed by atoms with Gasteiger partial charge in [-0.2, -0.15) is 18.3 Å². The Kier molecular flexibility index (Phi) is 4.18. The zero-order chi connectivity index (χ0) is 20.8. The number of benzene rings is 1. The predicted octanol–water partition coefficient (Wildman–Crippen LogP) is 3.16. The van der Waals surface area contributed by atoms with E-state index in [1.54, 1.807) is 36.4 Å². The second kappa shape index (κ2) is 6.59. The summed E-state index contributed by atoms with van der Waals surface area (Å²) in [7, 11) is 0. The van der Waals surface area contributed by atoms with Crippen molar-refractivity contribution in [3.63, 3.8) is 0 Å². The number of primary amides is 1. The standard InChI is InChI=1S/C19H13F3N6O/c20-19(21,22)13-7-12(8-26-17(13)23)15-9-25-16-6-5-14(27-28(15)16)10-1-3-11(4-2-10)18(24)29/h1-9H,(H2,23,26)(H2,24,29). The molecule has 1 amide bonds. The zero-order valence-corrected chi connectivity index (χ0v) is 14.7. The van der Waals surface area contributed by atoms with Crippen molar-refractivity contribution in [2.45, 2.75) is 6.18 Å². The highest BCUT2D eigenvalue weighted by atomic mass is 19.4. The molecule has 0 aliphatic rings. The lowest BCUT2D eigenvalue weighted by molar-refractivity contribution is -0.137. The van der Waals surface area contributed by atoms with Gasteiger partial charge in [-0.05, 0) is 30.3 Å². The number of halogens is 3. The SMILES string of the molecule is NC(=O)c1ccc(-c2ccc3ncc(-c4cnc(N)c(C(F)(F)F)c4)n3n2)cc1. The molecule has 0 aliphatic heterocycles. The Hall–Kier alpha value is -3.95. The third-order valence-corrected chi connectivity index (χ3v) is 4.35. The van der Waals surface area contributed by atoms with E-state index < -0.39 is 23.5 Å². The predicted molar refractivity (Wildman–Crippen MR) is 99.6 cm³/mol. The van der Waals surface area contributed by atoms with E-state index >= 15 is 0 Å². The number of imidazole rings is 1.